The molecule has 7 saturated carbocycles. The number of rotatable bonds is 0. The molecule has 7 rings (SSSR count). The molecule has 0 spiro atoms. The molecule has 0 saturated heterocycles. The van der Waals surface area contributed by atoms with E-state index in [0.717, 1.165) is 5.92 Å². The van der Waals surface area contributed by atoms with Crippen molar-refractivity contribution in [1.82, 2.24) is 0 Å². The van der Waals surface area contributed by atoms with Gasteiger partial charge in [-0.2, -0.15) is 0 Å². The van der Waals surface area contributed by atoms with E-state index in [9.17, 15) is 0 Å². The van der Waals surface area contributed by atoms with Gasteiger partial charge in [0.25, 0.3) is 0 Å². The third kappa shape index (κ3) is 0.381. The van der Waals surface area contributed by atoms with Crippen LogP contribution in [-0.2, 0) is 0 Å². The van der Waals surface area contributed by atoms with E-state index >= 15 is 0 Å². The third-order valence-corrected chi connectivity index (χ3v) is 5.55. The summed E-state index contributed by atoms with van der Waals surface area (Å²) in [7, 11) is 0. The van der Waals surface area contributed by atoms with Gasteiger partial charge in [0.2, 0.25) is 0 Å². The minimum absolute atomic E-state index is 1.11. The van der Waals surface area contributed by atoms with Gasteiger partial charge in [-0.05, 0) is 60.7 Å². The Morgan fingerprint density at radius 2 is 1.64 bits per heavy atom. The van der Waals surface area contributed by atoms with Crippen LogP contribution >= 0.6 is 0 Å². The van der Waals surface area contributed by atoms with Gasteiger partial charge in [0.05, 0.1) is 0 Å². The molecule has 6 unspecified atom stereocenters. The molecule has 0 aromatic rings. The average molecular weight is 148 g/mol. The van der Waals surface area contributed by atoms with Gasteiger partial charge in [-0.3, -0.25) is 0 Å². The van der Waals surface area contributed by atoms with Gasteiger partial charge in [0.15, 0.2) is 0 Å². The molecule has 0 aromatic carbocycles. The number of hydrogen-bond acceptors (Lipinski definition) is 0. The van der Waals surface area contributed by atoms with Gasteiger partial charge in [0.1, 0.15) is 0 Å². The first-order valence-corrected chi connectivity index (χ1v) is 5.38. The topological polar surface area (TPSA) is 0 Å². The first-order valence-electron chi connectivity index (χ1n) is 5.38. The molecule has 0 amide bonds. The second kappa shape index (κ2) is 1.41. The highest BCUT2D eigenvalue weighted by Crippen LogP contribution is 2.78. The highest BCUT2D eigenvalue weighted by Gasteiger charge is 2.72. The summed E-state index contributed by atoms with van der Waals surface area (Å²) < 4.78 is 0. The highest BCUT2D eigenvalue weighted by atomic mass is 14.8. The zero-order chi connectivity index (χ0) is 7.16. The maximum Gasteiger partial charge on any atom is -0.0315 e. The summed E-state index contributed by atoms with van der Waals surface area (Å²) >= 11 is 0. The van der Waals surface area contributed by atoms with E-state index in [0.29, 0.717) is 0 Å². The number of fused-ring (bicyclic) bond motifs is 1. The molecule has 7 atom stereocenters. The van der Waals surface area contributed by atoms with Gasteiger partial charge in [0, 0.05) is 0 Å². The molecule has 0 nitrogen and oxygen atoms in total. The zero-order valence-corrected chi connectivity index (χ0v) is 7.16. The maximum absolute atomic E-state index is 2.51. The maximum atomic E-state index is 2.51. The van der Waals surface area contributed by atoms with Crippen LogP contribution in [0.15, 0.2) is 0 Å². The first-order chi connectivity index (χ1) is 5.38. The van der Waals surface area contributed by atoms with Crippen LogP contribution < -0.4 is 0 Å². The van der Waals surface area contributed by atoms with Crippen molar-refractivity contribution in [2.24, 2.45) is 41.4 Å². The van der Waals surface area contributed by atoms with Crippen molar-refractivity contribution in [2.75, 3.05) is 0 Å². The predicted molar refractivity (Wildman–Crippen MR) is 44.0 cm³/mol. The van der Waals surface area contributed by atoms with Crippen LogP contribution in [0, 0.1) is 41.4 Å². The molecular weight excluding hydrogens is 132 g/mol. The van der Waals surface area contributed by atoms with Gasteiger partial charge >= 0.3 is 0 Å². The summed E-state index contributed by atoms with van der Waals surface area (Å²) in [6.07, 6.45) is 4.82. The Labute approximate surface area is 68.4 Å². The summed E-state index contributed by atoms with van der Waals surface area (Å²) in [4.78, 5) is 0. The standard InChI is InChI=1S/C11H16/c1-5-4-8-6-2-3-7-9(5)11(6)10(7)8/h5-11H,2-4H2,1H3/t5-,6?,7?,8?,9?,10?,11?/m0/s1. The van der Waals surface area contributed by atoms with Crippen LogP contribution in [0.5, 0.6) is 0 Å². The minimum atomic E-state index is 1.11. The molecule has 0 aliphatic heterocycles. The average Bonchev–Trinajstić information content (AvgIpc) is 2.03. The van der Waals surface area contributed by atoms with Crippen LogP contribution in [0.4, 0.5) is 0 Å². The third-order valence-electron chi connectivity index (χ3n) is 5.55. The molecule has 6 bridgehead atoms. The van der Waals surface area contributed by atoms with Crippen molar-refractivity contribution in [3.8, 4) is 0 Å². The lowest BCUT2D eigenvalue weighted by molar-refractivity contribution is -0.306. The van der Waals surface area contributed by atoms with Crippen LogP contribution in [0.1, 0.15) is 26.2 Å². The molecule has 60 valence electrons. The second-order valence-corrected chi connectivity index (χ2v) is 5.51. The molecule has 0 radical (unpaired) electrons. The Morgan fingerprint density at radius 3 is 2.18 bits per heavy atom. The quantitative estimate of drug-likeness (QED) is 0.495. The van der Waals surface area contributed by atoms with Crippen molar-refractivity contribution < 1.29 is 0 Å². The summed E-state index contributed by atoms with van der Waals surface area (Å²) in [5.41, 5.74) is 0. The fraction of sp³-hybridized carbons (Fsp3) is 1.00. The number of hydrogen-bond donors (Lipinski definition) is 0. The van der Waals surface area contributed by atoms with Crippen molar-refractivity contribution in [2.45, 2.75) is 26.2 Å². The Hall–Kier alpha value is 0. The van der Waals surface area contributed by atoms with E-state index in [2.05, 4.69) is 6.92 Å². The molecule has 0 N–H and O–H groups in total. The molecular formula is C11H16. The molecule has 0 heterocycles. The normalized spacial score (nSPS) is 75.5. The van der Waals surface area contributed by atoms with E-state index in [1.54, 1.807) is 19.3 Å². The van der Waals surface area contributed by atoms with Crippen LogP contribution in [-0.4, -0.2) is 0 Å². The highest BCUT2D eigenvalue weighted by molar-refractivity contribution is 5.20. The van der Waals surface area contributed by atoms with Crippen molar-refractivity contribution >= 4 is 0 Å². The largest absolute Gasteiger partial charge is 0.0622 e. The van der Waals surface area contributed by atoms with E-state index < -0.39 is 0 Å². The van der Waals surface area contributed by atoms with Crippen LogP contribution in [0.2, 0.25) is 0 Å². The fourth-order valence-electron chi connectivity index (χ4n) is 5.43. The lowest BCUT2D eigenvalue weighted by atomic mass is 9.26. The van der Waals surface area contributed by atoms with E-state index in [-0.39, 0.29) is 0 Å². The zero-order valence-electron chi connectivity index (χ0n) is 7.16. The van der Waals surface area contributed by atoms with E-state index in [4.69, 9.17) is 0 Å². The lowest BCUT2D eigenvalue weighted by Gasteiger charge is -2.78. The van der Waals surface area contributed by atoms with Crippen molar-refractivity contribution in [3.63, 3.8) is 0 Å². The predicted octanol–water partition coefficient (Wildman–Crippen LogP) is 2.54. The Morgan fingerprint density at radius 1 is 0.818 bits per heavy atom. The van der Waals surface area contributed by atoms with Gasteiger partial charge in [-0.15, -0.1) is 0 Å². The monoisotopic (exact) mass is 148 g/mol. The molecule has 0 aromatic heterocycles. The van der Waals surface area contributed by atoms with Crippen LogP contribution in [0.25, 0.3) is 0 Å². The van der Waals surface area contributed by atoms with Gasteiger partial charge < -0.3 is 0 Å². The van der Waals surface area contributed by atoms with Crippen molar-refractivity contribution in [3.05, 3.63) is 0 Å². The van der Waals surface area contributed by atoms with Crippen LogP contribution in [0.3, 0.4) is 0 Å². The Bertz CT molecular complexity index is 199. The lowest BCUT2D eigenvalue weighted by Crippen LogP contribution is -2.73. The Balaban J connectivity index is 1.82. The SMILES string of the molecule is C[C@H]1CC2C3CCC4C2C3C41. The minimum Gasteiger partial charge on any atom is -0.0622 e. The van der Waals surface area contributed by atoms with Gasteiger partial charge in [-0.1, -0.05) is 6.92 Å². The summed E-state index contributed by atoms with van der Waals surface area (Å²) in [6, 6.07) is 0. The van der Waals surface area contributed by atoms with Crippen molar-refractivity contribution in [1.29, 1.82) is 0 Å². The fourth-order valence-corrected chi connectivity index (χ4v) is 5.43. The molecule has 11 heavy (non-hydrogen) atoms. The summed E-state index contributed by atoms with van der Waals surface area (Å²) in [5.74, 6) is 8.50. The summed E-state index contributed by atoms with van der Waals surface area (Å²) in [5, 5.41) is 0. The van der Waals surface area contributed by atoms with E-state index in [1.165, 1.54) is 35.5 Å². The smallest absolute Gasteiger partial charge is 0.0315 e. The Kier molecular flexibility index (Phi) is 0.717. The molecule has 7 aliphatic carbocycles. The van der Waals surface area contributed by atoms with Gasteiger partial charge in [-0.25, -0.2) is 0 Å². The first kappa shape index (κ1) is 5.61. The molecule has 7 aliphatic rings. The molecule has 0 heteroatoms. The summed E-state index contributed by atoms with van der Waals surface area (Å²) in [6.45, 7) is 2.51. The second-order valence-electron chi connectivity index (χ2n) is 5.51. The molecule has 7 fully saturated rings. The van der Waals surface area contributed by atoms with E-state index in [1.807, 2.05) is 0 Å².